The molecule has 1 heteroatoms. The molecule has 1 atom stereocenters. The molecule has 1 rings (SSSR count). The van der Waals surface area contributed by atoms with Crippen molar-refractivity contribution in [2.75, 3.05) is 0 Å². The third-order valence-electron chi connectivity index (χ3n) is 3.05. The molecule has 0 heterocycles. The number of aryl methyl sites for hydroxylation is 2. The molecule has 16 heavy (non-hydrogen) atoms. The molecule has 1 N–H and O–H groups in total. The summed E-state index contributed by atoms with van der Waals surface area (Å²) in [6, 6.07) is 6.45. The van der Waals surface area contributed by atoms with Gasteiger partial charge < -0.3 is 5.11 Å². The van der Waals surface area contributed by atoms with Crippen LogP contribution in [0.25, 0.3) is 0 Å². The van der Waals surface area contributed by atoms with Gasteiger partial charge in [0.15, 0.2) is 0 Å². The first-order valence-electron chi connectivity index (χ1n) is 6.53. The predicted molar refractivity (Wildman–Crippen MR) is 69.7 cm³/mol. The van der Waals surface area contributed by atoms with Gasteiger partial charge in [0, 0.05) is 0 Å². The van der Waals surface area contributed by atoms with Gasteiger partial charge in [-0.3, -0.25) is 0 Å². The third kappa shape index (κ3) is 3.08. The van der Waals surface area contributed by atoms with E-state index in [1.165, 1.54) is 16.7 Å². The minimum absolute atomic E-state index is 0.288. The average Bonchev–Trinajstić information content (AvgIpc) is 2.29. The monoisotopic (exact) mass is 220 g/mol. The second-order valence-corrected chi connectivity index (χ2v) is 4.41. The van der Waals surface area contributed by atoms with Crippen LogP contribution in [0.1, 0.15) is 62.8 Å². The Hall–Kier alpha value is -0.820. The fourth-order valence-corrected chi connectivity index (χ4v) is 2.27. The first-order chi connectivity index (χ1) is 7.74. The lowest BCUT2D eigenvalue weighted by atomic mass is 9.91. The fraction of sp³-hybridized carbons (Fsp3) is 0.600. The van der Waals surface area contributed by atoms with Gasteiger partial charge in [-0.25, -0.2) is 0 Å². The summed E-state index contributed by atoms with van der Waals surface area (Å²) in [5.41, 5.74) is 3.87. The maximum Gasteiger partial charge on any atom is 0.0792 e. The van der Waals surface area contributed by atoms with Gasteiger partial charge in [0.2, 0.25) is 0 Å². The summed E-state index contributed by atoms with van der Waals surface area (Å²) >= 11 is 0. The first kappa shape index (κ1) is 13.2. The standard InChI is InChI=1S/C15H24O/c1-4-8-12-10-7-11-13(9-5-2)15(12)14(16)6-3/h7,10-11,14,16H,4-6,8-9H2,1-3H3. The number of aliphatic hydroxyl groups is 1. The minimum Gasteiger partial charge on any atom is -0.388 e. The molecule has 0 saturated heterocycles. The summed E-state index contributed by atoms with van der Waals surface area (Å²) in [6.07, 6.45) is 4.94. The molecule has 0 radical (unpaired) electrons. The molecular formula is C15H24O. The van der Waals surface area contributed by atoms with Crippen LogP contribution >= 0.6 is 0 Å². The van der Waals surface area contributed by atoms with Crippen LogP contribution in [-0.4, -0.2) is 5.11 Å². The molecule has 0 amide bonds. The molecule has 0 saturated carbocycles. The van der Waals surface area contributed by atoms with Crippen molar-refractivity contribution in [2.45, 2.75) is 59.0 Å². The summed E-state index contributed by atoms with van der Waals surface area (Å²) in [4.78, 5) is 0. The molecule has 90 valence electrons. The van der Waals surface area contributed by atoms with Crippen molar-refractivity contribution >= 4 is 0 Å². The molecule has 0 spiro atoms. The smallest absolute Gasteiger partial charge is 0.0792 e. The van der Waals surface area contributed by atoms with Gasteiger partial charge in [0.05, 0.1) is 6.10 Å². The maximum atomic E-state index is 10.1. The highest BCUT2D eigenvalue weighted by Crippen LogP contribution is 2.27. The zero-order valence-corrected chi connectivity index (χ0v) is 10.8. The fourth-order valence-electron chi connectivity index (χ4n) is 2.27. The van der Waals surface area contributed by atoms with Crippen LogP contribution in [-0.2, 0) is 12.8 Å². The van der Waals surface area contributed by atoms with Crippen LogP contribution in [0.3, 0.4) is 0 Å². The zero-order chi connectivity index (χ0) is 12.0. The van der Waals surface area contributed by atoms with Crippen LogP contribution < -0.4 is 0 Å². The van der Waals surface area contributed by atoms with E-state index in [1.807, 2.05) is 6.92 Å². The van der Waals surface area contributed by atoms with E-state index in [9.17, 15) is 5.11 Å². The van der Waals surface area contributed by atoms with E-state index in [2.05, 4.69) is 32.0 Å². The lowest BCUT2D eigenvalue weighted by Crippen LogP contribution is -2.06. The van der Waals surface area contributed by atoms with Crippen LogP contribution in [0.2, 0.25) is 0 Å². The Bertz CT molecular complexity index is 293. The van der Waals surface area contributed by atoms with Crippen molar-refractivity contribution in [3.05, 3.63) is 34.9 Å². The van der Waals surface area contributed by atoms with Gasteiger partial charge in [-0.15, -0.1) is 0 Å². The average molecular weight is 220 g/mol. The number of hydrogen-bond donors (Lipinski definition) is 1. The van der Waals surface area contributed by atoms with Crippen LogP contribution in [0.4, 0.5) is 0 Å². The molecular weight excluding hydrogens is 196 g/mol. The topological polar surface area (TPSA) is 20.2 Å². The van der Waals surface area contributed by atoms with Gasteiger partial charge in [0.1, 0.15) is 0 Å². The molecule has 1 aromatic carbocycles. The molecule has 0 fully saturated rings. The van der Waals surface area contributed by atoms with Crippen molar-refractivity contribution < 1.29 is 5.11 Å². The van der Waals surface area contributed by atoms with Gasteiger partial charge >= 0.3 is 0 Å². The number of aliphatic hydroxyl groups excluding tert-OH is 1. The summed E-state index contributed by atoms with van der Waals surface area (Å²) < 4.78 is 0. The lowest BCUT2D eigenvalue weighted by molar-refractivity contribution is 0.171. The molecule has 0 aliphatic carbocycles. The highest BCUT2D eigenvalue weighted by Gasteiger charge is 2.14. The van der Waals surface area contributed by atoms with E-state index in [0.717, 1.165) is 32.1 Å². The maximum absolute atomic E-state index is 10.1. The third-order valence-corrected chi connectivity index (χ3v) is 3.05. The summed E-state index contributed by atoms with van der Waals surface area (Å²) in [6.45, 7) is 6.42. The molecule has 1 aromatic rings. The lowest BCUT2D eigenvalue weighted by Gasteiger charge is -2.18. The Morgan fingerprint density at radius 3 is 1.88 bits per heavy atom. The molecule has 0 aliphatic rings. The highest BCUT2D eigenvalue weighted by molar-refractivity contribution is 5.37. The van der Waals surface area contributed by atoms with E-state index >= 15 is 0 Å². The van der Waals surface area contributed by atoms with E-state index in [4.69, 9.17) is 0 Å². The quantitative estimate of drug-likeness (QED) is 0.767. The summed E-state index contributed by atoms with van der Waals surface area (Å²) in [5.74, 6) is 0. The summed E-state index contributed by atoms with van der Waals surface area (Å²) in [7, 11) is 0. The molecule has 1 nitrogen and oxygen atoms in total. The summed E-state index contributed by atoms with van der Waals surface area (Å²) in [5, 5.41) is 10.1. The molecule has 0 aromatic heterocycles. The van der Waals surface area contributed by atoms with Gasteiger partial charge in [0.25, 0.3) is 0 Å². The van der Waals surface area contributed by atoms with E-state index in [0.29, 0.717) is 0 Å². The zero-order valence-electron chi connectivity index (χ0n) is 10.8. The van der Waals surface area contributed by atoms with Gasteiger partial charge in [-0.1, -0.05) is 51.8 Å². The Morgan fingerprint density at radius 2 is 1.50 bits per heavy atom. The van der Waals surface area contributed by atoms with Crippen molar-refractivity contribution in [1.29, 1.82) is 0 Å². The van der Waals surface area contributed by atoms with E-state index in [1.54, 1.807) is 0 Å². The van der Waals surface area contributed by atoms with Crippen LogP contribution in [0, 0.1) is 0 Å². The second-order valence-electron chi connectivity index (χ2n) is 4.41. The van der Waals surface area contributed by atoms with Crippen molar-refractivity contribution in [3.63, 3.8) is 0 Å². The van der Waals surface area contributed by atoms with Crippen molar-refractivity contribution in [2.24, 2.45) is 0 Å². The first-order valence-corrected chi connectivity index (χ1v) is 6.53. The normalized spacial score (nSPS) is 12.8. The van der Waals surface area contributed by atoms with Gasteiger partial charge in [-0.2, -0.15) is 0 Å². The molecule has 1 unspecified atom stereocenters. The predicted octanol–water partition coefficient (Wildman–Crippen LogP) is 4.04. The Morgan fingerprint density at radius 1 is 1.00 bits per heavy atom. The molecule has 0 aliphatic heterocycles. The number of rotatable bonds is 6. The Kier molecular flexibility index (Phi) is 5.54. The van der Waals surface area contributed by atoms with Crippen molar-refractivity contribution in [1.82, 2.24) is 0 Å². The SMILES string of the molecule is CCCc1cccc(CCC)c1C(O)CC. The van der Waals surface area contributed by atoms with Crippen molar-refractivity contribution in [3.8, 4) is 0 Å². The largest absolute Gasteiger partial charge is 0.388 e. The molecule has 0 bridgehead atoms. The van der Waals surface area contributed by atoms with E-state index < -0.39 is 0 Å². The minimum atomic E-state index is -0.288. The van der Waals surface area contributed by atoms with Crippen LogP contribution in [0.15, 0.2) is 18.2 Å². The van der Waals surface area contributed by atoms with E-state index in [-0.39, 0.29) is 6.10 Å². The Labute approximate surface area is 99.5 Å². The highest BCUT2D eigenvalue weighted by atomic mass is 16.3. The second kappa shape index (κ2) is 6.70. The number of benzene rings is 1. The number of hydrogen-bond acceptors (Lipinski definition) is 1. The Balaban J connectivity index is 3.11. The van der Waals surface area contributed by atoms with Crippen LogP contribution in [0.5, 0.6) is 0 Å². The van der Waals surface area contributed by atoms with Gasteiger partial charge in [-0.05, 0) is 36.0 Å².